The third-order valence-electron chi connectivity index (χ3n) is 3.35. The van der Waals surface area contributed by atoms with Gasteiger partial charge in [0.25, 0.3) is 0 Å². The smallest absolute Gasteiger partial charge is 0.177 e. The zero-order chi connectivity index (χ0) is 15.5. The summed E-state index contributed by atoms with van der Waals surface area (Å²) in [5.41, 5.74) is 8.48. The number of benzene rings is 2. The van der Waals surface area contributed by atoms with Crippen molar-refractivity contribution in [3.63, 3.8) is 0 Å². The van der Waals surface area contributed by atoms with Gasteiger partial charge in [0.2, 0.25) is 0 Å². The van der Waals surface area contributed by atoms with E-state index in [-0.39, 0.29) is 0 Å². The number of sulfone groups is 1. The highest BCUT2D eigenvalue weighted by Gasteiger charge is 2.15. The third kappa shape index (κ3) is 3.83. The molecule has 0 unspecified atom stereocenters. The molecular weight excluding hydrogens is 284 g/mol. The van der Waals surface area contributed by atoms with Gasteiger partial charge >= 0.3 is 0 Å². The van der Waals surface area contributed by atoms with E-state index in [0.717, 1.165) is 11.1 Å². The van der Waals surface area contributed by atoms with E-state index in [0.29, 0.717) is 23.7 Å². The standard InChI is InChI=1S/C16H20N2O2S/c1-18(12-14-9-7-13(11-17)8-10-14)15-5-3-4-6-16(15)21(2,19)20/h3-10H,11-12,17H2,1-2H3. The number of hydrogen-bond acceptors (Lipinski definition) is 4. The normalized spacial score (nSPS) is 11.4. The van der Waals surface area contributed by atoms with Crippen LogP contribution >= 0.6 is 0 Å². The van der Waals surface area contributed by atoms with Crippen molar-refractivity contribution in [3.05, 3.63) is 59.7 Å². The maximum absolute atomic E-state index is 11.9. The Balaban J connectivity index is 2.26. The minimum Gasteiger partial charge on any atom is -0.369 e. The van der Waals surface area contributed by atoms with Crippen molar-refractivity contribution in [1.29, 1.82) is 0 Å². The zero-order valence-corrected chi connectivity index (χ0v) is 13.1. The fourth-order valence-electron chi connectivity index (χ4n) is 2.23. The van der Waals surface area contributed by atoms with Crippen LogP contribution in [0.15, 0.2) is 53.4 Å². The largest absolute Gasteiger partial charge is 0.369 e. The topological polar surface area (TPSA) is 63.4 Å². The molecule has 0 radical (unpaired) electrons. The second-order valence-corrected chi connectivity index (χ2v) is 7.10. The van der Waals surface area contributed by atoms with Gasteiger partial charge in [-0.15, -0.1) is 0 Å². The van der Waals surface area contributed by atoms with Gasteiger partial charge in [0.05, 0.1) is 10.6 Å². The van der Waals surface area contributed by atoms with Gasteiger partial charge in [-0.2, -0.15) is 0 Å². The van der Waals surface area contributed by atoms with Crippen molar-refractivity contribution in [2.45, 2.75) is 18.0 Å². The van der Waals surface area contributed by atoms with Crippen LogP contribution in [0.5, 0.6) is 0 Å². The summed E-state index contributed by atoms with van der Waals surface area (Å²) in [5, 5.41) is 0. The molecule has 0 saturated carbocycles. The molecule has 0 heterocycles. The highest BCUT2D eigenvalue weighted by atomic mass is 32.2. The lowest BCUT2D eigenvalue weighted by Crippen LogP contribution is -2.19. The van der Waals surface area contributed by atoms with Crippen LogP contribution in [0.3, 0.4) is 0 Å². The molecule has 0 atom stereocenters. The third-order valence-corrected chi connectivity index (χ3v) is 4.50. The van der Waals surface area contributed by atoms with E-state index < -0.39 is 9.84 Å². The van der Waals surface area contributed by atoms with Crippen molar-refractivity contribution in [1.82, 2.24) is 0 Å². The number of rotatable bonds is 5. The Labute approximate surface area is 126 Å². The number of nitrogens with zero attached hydrogens (tertiary/aromatic N) is 1. The van der Waals surface area contributed by atoms with E-state index in [2.05, 4.69) is 0 Å². The summed E-state index contributed by atoms with van der Waals surface area (Å²) in [5.74, 6) is 0. The van der Waals surface area contributed by atoms with Crippen molar-refractivity contribution < 1.29 is 8.42 Å². The maximum Gasteiger partial charge on any atom is 0.177 e. The summed E-state index contributed by atoms with van der Waals surface area (Å²) in [7, 11) is -1.35. The molecule has 21 heavy (non-hydrogen) atoms. The Bertz CT molecular complexity index is 709. The molecule has 2 rings (SSSR count). The van der Waals surface area contributed by atoms with Crippen LogP contribution in [-0.4, -0.2) is 21.7 Å². The minimum atomic E-state index is -3.24. The highest BCUT2D eigenvalue weighted by molar-refractivity contribution is 7.90. The number of para-hydroxylation sites is 1. The molecule has 0 fully saturated rings. The Morgan fingerprint density at radius 3 is 2.14 bits per heavy atom. The van der Waals surface area contributed by atoms with Crippen LogP contribution in [0.4, 0.5) is 5.69 Å². The predicted octanol–water partition coefficient (Wildman–Crippen LogP) is 2.19. The van der Waals surface area contributed by atoms with E-state index in [1.807, 2.05) is 48.3 Å². The lowest BCUT2D eigenvalue weighted by atomic mass is 10.1. The predicted molar refractivity (Wildman–Crippen MR) is 86.0 cm³/mol. The molecule has 0 aliphatic carbocycles. The first-order valence-electron chi connectivity index (χ1n) is 6.70. The molecular formula is C16H20N2O2S. The van der Waals surface area contributed by atoms with Crippen LogP contribution in [0, 0.1) is 0 Å². The van der Waals surface area contributed by atoms with Gasteiger partial charge in [0, 0.05) is 26.4 Å². The monoisotopic (exact) mass is 304 g/mol. The van der Waals surface area contributed by atoms with E-state index >= 15 is 0 Å². The fourth-order valence-corrected chi connectivity index (χ4v) is 3.16. The zero-order valence-electron chi connectivity index (χ0n) is 12.3. The number of anilines is 1. The lowest BCUT2D eigenvalue weighted by Gasteiger charge is -2.22. The molecule has 0 aliphatic rings. The average molecular weight is 304 g/mol. The van der Waals surface area contributed by atoms with Gasteiger partial charge in [-0.25, -0.2) is 8.42 Å². The molecule has 5 heteroatoms. The summed E-state index contributed by atoms with van der Waals surface area (Å²) in [6.45, 7) is 1.16. The molecule has 0 aromatic heterocycles. The number of nitrogens with two attached hydrogens (primary N) is 1. The molecule has 0 spiro atoms. The molecule has 112 valence electrons. The van der Waals surface area contributed by atoms with Gasteiger partial charge in [-0.1, -0.05) is 36.4 Å². The first kappa shape index (κ1) is 15.5. The quantitative estimate of drug-likeness (QED) is 0.919. The molecule has 0 amide bonds. The molecule has 2 N–H and O–H groups in total. The number of hydrogen-bond donors (Lipinski definition) is 1. The molecule has 2 aromatic rings. The summed E-state index contributed by atoms with van der Waals surface area (Å²) >= 11 is 0. The van der Waals surface area contributed by atoms with Crippen LogP contribution in [-0.2, 0) is 22.9 Å². The summed E-state index contributed by atoms with van der Waals surface area (Å²) in [4.78, 5) is 2.29. The van der Waals surface area contributed by atoms with E-state index in [1.54, 1.807) is 12.1 Å². The molecule has 0 bridgehead atoms. The van der Waals surface area contributed by atoms with Gasteiger partial charge in [0.1, 0.15) is 0 Å². The Kier molecular flexibility index (Phi) is 4.65. The van der Waals surface area contributed by atoms with Crippen LogP contribution in [0.25, 0.3) is 0 Å². The summed E-state index contributed by atoms with van der Waals surface area (Å²) in [6, 6.07) is 15.1. The van der Waals surface area contributed by atoms with Gasteiger partial charge in [-0.05, 0) is 23.3 Å². The fraction of sp³-hybridized carbons (Fsp3) is 0.250. The van der Waals surface area contributed by atoms with E-state index in [9.17, 15) is 8.42 Å². The lowest BCUT2D eigenvalue weighted by molar-refractivity contribution is 0.601. The Hall–Kier alpha value is -1.85. The van der Waals surface area contributed by atoms with Gasteiger partial charge < -0.3 is 10.6 Å². The van der Waals surface area contributed by atoms with Crippen molar-refractivity contribution in [2.24, 2.45) is 5.73 Å². The minimum absolute atomic E-state index is 0.353. The molecule has 0 saturated heterocycles. The SMILES string of the molecule is CN(Cc1ccc(CN)cc1)c1ccccc1S(C)(=O)=O. The van der Waals surface area contributed by atoms with Crippen LogP contribution in [0.2, 0.25) is 0 Å². The highest BCUT2D eigenvalue weighted by Crippen LogP contribution is 2.25. The Morgan fingerprint density at radius 1 is 1.00 bits per heavy atom. The van der Waals surface area contributed by atoms with Crippen molar-refractivity contribution >= 4 is 15.5 Å². The summed E-state index contributed by atoms with van der Waals surface area (Å²) < 4.78 is 23.7. The average Bonchev–Trinajstić information content (AvgIpc) is 2.47. The molecule has 4 nitrogen and oxygen atoms in total. The second kappa shape index (κ2) is 6.28. The maximum atomic E-state index is 11.9. The molecule has 2 aromatic carbocycles. The van der Waals surface area contributed by atoms with Crippen LogP contribution < -0.4 is 10.6 Å². The Morgan fingerprint density at radius 2 is 1.57 bits per heavy atom. The van der Waals surface area contributed by atoms with Gasteiger partial charge in [-0.3, -0.25) is 0 Å². The van der Waals surface area contributed by atoms with E-state index in [4.69, 9.17) is 5.73 Å². The first-order chi connectivity index (χ1) is 9.91. The molecule has 0 aliphatic heterocycles. The van der Waals surface area contributed by atoms with E-state index in [1.165, 1.54) is 6.26 Å². The summed E-state index contributed by atoms with van der Waals surface area (Å²) in [6.07, 6.45) is 1.23. The van der Waals surface area contributed by atoms with Crippen molar-refractivity contribution in [2.75, 3.05) is 18.2 Å². The first-order valence-corrected chi connectivity index (χ1v) is 8.59. The second-order valence-electron chi connectivity index (χ2n) is 5.12. The van der Waals surface area contributed by atoms with Crippen LogP contribution in [0.1, 0.15) is 11.1 Å². The van der Waals surface area contributed by atoms with Crippen molar-refractivity contribution in [3.8, 4) is 0 Å². The van der Waals surface area contributed by atoms with Gasteiger partial charge in [0.15, 0.2) is 9.84 Å².